The Morgan fingerprint density at radius 2 is 1.65 bits per heavy atom. The topological polar surface area (TPSA) is 85.2 Å². The van der Waals surface area contributed by atoms with Crippen molar-refractivity contribution < 1.29 is 0 Å². The molecule has 0 amide bonds. The fourth-order valence-corrected chi connectivity index (χ4v) is 3.70. The molecule has 7 heteroatoms. The smallest absolute Gasteiger partial charge is 0.180 e. The molecule has 0 aliphatic heterocycles. The normalized spacial score (nSPS) is 11.5. The number of tetrazole rings is 1. The third-order valence-corrected chi connectivity index (χ3v) is 5.08. The maximum absolute atomic E-state index is 4.85. The molecule has 1 N–H and O–H groups in total. The number of nitrogens with one attached hydrogen (secondary N) is 1. The Morgan fingerprint density at radius 1 is 0.903 bits per heavy atom. The minimum atomic E-state index is 0.525. The summed E-state index contributed by atoms with van der Waals surface area (Å²) in [5.41, 5.74) is 4.42. The van der Waals surface area contributed by atoms with Gasteiger partial charge in [-0.25, -0.2) is 14.8 Å². The highest BCUT2D eigenvalue weighted by Gasteiger charge is 2.14. The molecule has 0 atom stereocenters. The Kier molecular flexibility index (Phi) is 6.21. The number of rotatable bonds is 8. The molecule has 4 aromatic rings. The first kappa shape index (κ1) is 20.9. The molecule has 2 heterocycles. The molecule has 0 saturated heterocycles. The average Bonchev–Trinajstić information content (AvgIpc) is 3.38. The van der Waals surface area contributed by atoms with E-state index in [0.29, 0.717) is 17.7 Å². The number of hydrogen-bond acceptors (Lipinski definition) is 5. The molecule has 31 heavy (non-hydrogen) atoms. The Bertz CT molecular complexity index is 1110. The van der Waals surface area contributed by atoms with E-state index in [9.17, 15) is 0 Å². The summed E-state index contributed by atoms with van der Waals surface area (Å²) < 4.78 is 2.09. The fourth-order valence-electron chi connectivity index (χ4n) is 3.70. The van der Waals surface area contributed by atoms with Crippen molar-refractivity contribution in [3.63, 3.8) is 0 Å². The first-order valence-electron chi connectivity index (χ1n) is 10.8. The Hall–Kier alpha value is -3.35. The summed E-state index contributed by atoms with van der Waals surface area (Å²) in [7, 11) is 0. The van der Waals surface area contributed by atoms with Crippen LogP contribution < -0.4 is 0 Å². The van der Waals surface area contributed by atoms with Crippen LogP contribution in [0, 0.1) is 11.8 Å². The predicted molar refractivity (Wildman–Crippen MR) is 121 cm³/mol. The molecule has 2 aromatic carbocycles. The van der Waals surface area contributed by atoms with Gasteiger partial charge >= 0.3 is 0 Å². The summed E-state index contributed by atoms with van der Waals surface area (Å²) >= 11 is 0. The molecular weight excluding hydrogens is 386 g/mol. The zero-order chi connectivity index (χ0) is 21.8. The molecule has 0 aliphatic carbocycles. The Labute approximate surface area is 182 Å². The lowest BCUT2D eigenvalue weighted by Crippen LogP contribution is -2.11. The molecule has 0 spiro atoms. The summed E-state index contributed by atoms with van der Waals surface area (Å²) in [6.45, 7) is 9.72. The fraction of sp³-hybridized carbons (Fsp3) is 0.375. The maximum atomic E-state index is 4.85. The van der Waals surface area contributed by atoms with Gasteiger partial charge < -0.3 is 0 Å². The van der Waals surface area contributed by atoms with Crippen LogP contribution in [-0.4, -0.2) is 35.4 Å². The van der Waals surface area contributed by atoms with E-state index in [1.54, 1.807) is 0 Å². The van der Waals surface area contributed by atoms with Gasteiger partial charge in [0.15, 0.2) is 11.6 Å². The zero-order valence-corrected chi connectivity index (χ0v) is 18.6. The molecule has 0 radical (unpaired) electrons. The Morgan fingerprint density at radius 3 is 2.29 bits per heavy atom. The van der Waals surface area contributed by atoms with E-state index in [0.717, 1.165) is 47.7 Å². The lowest BCUT2D eigenvalue weighted by molar-refractivity contribution is 0.464. The molecule has 0 aliphatic rings. The molecular formula is C24H29N7. The number of aromatic nitrogens is 7. The molecule has 7 nitrogen and oxygen atoms in total. The summed E-state index contributed by atoms with van der Waals surface area (Å²) in [5.74, 6) is 3.71. The highest BCUT2D eigenvalue weighted by molar-refractivity contribution is 5.80. The quantitative estimate of drug-likeness (QED) is 0.456. The lowest BCUT2D eigenvalue weighted by Gasteiger charge is -2.10. The maximum Gasteiger partial charge on any atom is 0.180 e. The van der Waals surface area contributed by atoms with Crippen molar-refractivity contribution >= 4 is 0 Å². The molecule has 4 rings (SSSR count). The first-order valence-corrected chi connectivity index (χ1v) is 10.8. The van der Waals surface area contributed by atoms with E-state index in [-0.39, 0.29) is 0 Å². The average molecular weight is 416 g/mol. The third-order valence-electron chi connectivity index (χ3n) is 5.08. The van der Waals surface area contributed by atoms with Crippen LogP contribution in [-0.2, 0) is 19.4 Å². The van der Waals surface area contributed by atoms with Crippen LogP contribution in [0.4, 0.5) is 0 Å². The highest BCUT2D eigenvalue weighted by Crippen LogP contribution is 2.30. The van der Waals surface area contributed by atoms with Crippen molar-refractivity contribution in [3.8, 4) is 22.5 Å². The van der Waals surface area contributed by atoms with Crippen LogP contribution in [0.5, 0.6) is 0 Å². The molecule has 160 valence electrons. The largest absolute Gasteiger partial charge is 0.249 e. The standard InChI is InChI=1S/C24H29N7/c1-16(2)13-22-25-23(31(28-22)15-17(3)4)14-18-9-11-19(12-10-18)20-7-5-6-8-21(20)24-26-29-30-27-24/h5-12,16-17H,13-15H2,1-4H3,(H,26,27,29,30). The highest BCUT2D eigenvalue weighted by atomic mass is 15.5. The second-order valence-electron chi connectivity index (χ2n) is 8.79. The second-order valence-corrected chi connectivity index (χ2v) is 8.79. The van der Waals surface area contributed by atoms with Crippen LogP contribution in [0.1, 0.15) is 44.9 Å². The van der Waals surface area contributed by atoms with Crippen molar-refractivity contribution in [3.05, 3.63) is 65.7 Å². The zero-order valence-electron chi connectivity index (χ0n) is 18.6. The van der Waals surface area contributed by atoms with Gasteiger partial charge in [0.1, 0.15) is 5.82 Å². The number of nitrogens with zero attached hydrogens (tertiary/aromatic N) is 6. The van der Waals surface area contributed by atoms with Gasteiger partial charge in [-0.1, -0.05) is 76.2 Å². The van der Waals surface area contributed by atoms with Crippen LogP contribution in [0.25, 0.3) is 22.5 Å². The Balaban J connectivity index is 1.58. The summed E-state index contributed by atoms with van der Waals surface area (Å²) in [5, 5.41) is 19.1. The van der Waals surface area contributed by atoms with E-state index < -0.39 is 0 Å². The molecule has 2 aromatic heterocycles. The van der Waals surface area contributed by atoms with Gasteiger partial charge in [0.2, 0.25) is 0 Å². The summed E-state index contributed by atoms with van der Waals surface area (Å²) in [6, 6.07) is 16.8. The van der Waals surface area contributed by atoms with E-state index in [1.165, 1.54) is 5.56 Å². The summed E-state index contributed by atoms with van der Waals surface area (Å²) in [6.07, 6.45) is 1.68. The van der Waals surface area contributed by atoms with Gasteiger partial charge in [0.05, 0.1) is 0 Å². The van der Waals surface area contributed by atoms with Crippen LogP contribution >= 0.6 is 0 Å². The van der Waals surface area contributed by atoms with Crippen LogP contribution in [0.2, 0.25) is 0 Å². The van der Waals surface area contributed by atoms with Gasteiger partial charge in [-0.05, 0) is 39.0 Å². The van der Waals surface area contributed by atoms with Crippen molar-refractivity contribution in [1.29, 1.82) is 0 Å². The van der Waals surface area contributed by atoms with Crippen molar-refractivity contribution in [2.45, 2.75) is 47.1 Å². The first-order chi connectivity index (χ1) is 15.0. The number of benzene rings is 2. The van der Waals surface area contributed by atoms with Gasteiger partial charge in [0, 0.05) is 24.9 Å². The SMILES string of the molecule is CC(C)Cc1nc(Cc2ccc(-c3ccccc3-c3nnn[nH]3)cc2)n(CC(C)C)n1. The lowest BCUT2D eigenvalue weighted by atomic mass is 9.98. The number of aromatic amines is 1. The van der Waals surface area contributed by atoms with Crippen molar-refractivity contribution in [1.82, 2.24) is 35.4 Å². The predicted octanol–water partition coefficient (Wildman–Crippen LogP) is 4.57. The molecule has 0 bridgehead atoms. The molecule has 0 fully saturated rings. The van der Waals surface area contributed by atoms with Gasteiger partial charge in [0.25, 0.3) is 0 Å². The van der Waals surface area contributed by atoms with E-state index >= 15 is 0 Å². The number of H-pyrrole nitrogens is 1. The van der Waals surface area contributed by atoms with E-state index in [1.807, 2.05) is 18.2 Å². The minimum Gasteiger partial charge on any atom is -0.249 e. The van der Waals surface area contributed by atoms with Gasteiger partial charge in [-0.15, -0.1) is 5.10 Å². The van der Waals surface area contributed by atoms with Crippen LogP contribution in [0.3, 0.4) is 0 Å². The van der Waals surface area contributed by atoms with E-state index in [2.05, 4.69) is 83.3 Å². The summed E-state index contributed by atoms with van der Waals surface area (Å²) in [4.78, 5) is 4.85. The second kappa shape index (κ2) is 9.20. The third kappa shape index (κ3) is 5.05. The van der Waals surface area contributed by atoms with Crippen LogP contribution in [0.15, 0.2) is 48.5 Å². The number of hydrogen-bond donors (Lipinski definition) is 1. The van der Waals surface area contributed by atoms with Gasteiger partial charge in [-0.3, -0.25) is 0 Å². The van der Waals surface area contributed by atoms with Crippen molar-refractivity contribution in [2.75, 3.05) is 0 Å². The van der Waals surface area contributed by atoms with E-state index in [4.69, 9.17) is 10.1 Å². The van der Waals surface area contributed by atoms with Crippen molar-refractivity contribution in [2.24, 2.45) is 11.8 Å². The van der Waals surface area contributed by atoms with Gasteiger partial charge in [-0.2, -0.15) is 5.10 Å². The molecule has 0 saturated carbocycles. The monoisotopic (exact) mass is 415 g/mol. The molecule has 0 unspecified atom stereocenters. The minimum absolute atomic E-state index is 0.525.